The van der Waals surface area contributed by atoms with E-state index in [2.05, 4.69) is 11.8 Å². The molecule has 1 saturated heterocycles. The number of hydrogen-bond acceptors (Lipinski definition) is 3. The maximum absolute atomic E-state index is 11.9. The lowest BCUT2D eigenvalue weighted by atomic mass is 9.91. The van der Waals surface area contributed by atoms with Gasteiger partial charge in [0, 0.05) is 6.42 Å². The quantitative estimate of drug-likeness (QED) is 0.652. The lowest BCUT2D eigenvalue weighted by Gasteiger charge is -2.31. The Hall–Kier alpha value is -0.670. The molecule has 20 heavy (non-hydrogen) atoms. The first-order valence-corrected chi connectivity index (χ1v) is 8.96. The Bertz CT molecular complexity index is 380. The first-order valence-electron chi connectivity index (χ1n) is 8.08. The molecule has 112 valence electrons. The van der Waals surface area contributed by atoms with Gasteiger partial charge in [-0.15, -0.1) is 11.3 Å². The predicted octanol–water partition coefficient (Wildman–Crippen LogP) is 4.61. The number of ketones is 1. The van der Waals surface area contributed by atoms with Crippen LogP contribution in [0.15, 0.2) is 17.5 Å². The van der Waals surface area contributed by atoms with Crippen molar-refractivity contribution < 1.29 is 4.79 Å². The molecular formula is C17H27NOS. The number of carbonyl (C=O) groups excluding carboxylic acids is 1. The van der Waals surface area contributed by atoms with Crippen LogP contribution in [0.3, 0.4) is 0 Å². The number of piperidine rings is 1. The molecule has 1 aliphatic rings. The first kappa shape index (κ1) is 15.7. The fourth-order valence-electron chi connectivity index (χ4n) is 3.02. The minimum absolute atomic E-state index is 0.317. The van der Waals surface area contributed by atoms with Crippen LogP contribution in [0, 0.1) is 5.92 Å². The van der Waals surface area contributed by atoms with E-state index in [0.29, 0.717) is 12.2 Å². The van der Waals surface area contributed by atoms with E-state index in [4.69, 9.17) is 0 Å². The van der Waals surface area contributed by atoms with Gasteiger partial charge in [-0.05, 0) is 56.3 Å². The highest BCUT2D eigenvalue weighted by atomic mass is 32.1. The van der Waals surface area contributed by atoms with Crippen molar-refractivity contribution in [3.8, 4) is 0 Å². The molecule has 0 aliphatic carbocycles. The third-order valence-corrected chi connectivity index (χ3v) is 5.26. The Balaban J connectivity index is 1.58. The van der Waals surface area contributed by atoms with Crippen LogP contribution in [0.4, 0.5) is 0 Å². The number of Topliss-reactive ketones (excluding diaryl/α,β-unsaturated/α-hetero) is 1. The molecule has 2 rings (SSSR count). The Morgan fingerprint density at radius 1 is 1.35 bits per heavy atom. The summed E-state index contributed by atoms with van der Waals surface area (Å²) in [5.74, 6) is 1.27. The highest BCUT2D eigenvalue weighted by Crippen LogP contribution is 2.22. The van der Waals surface area contributed by atoms with Gasteiger partial charge in [0.05, 0.1) is 4.88 Å². The van der Waals surface area contributed by atoms with Gasteiger partial charge in [0.1, 0.15) is 0 Å². The van der Waals surface area contributed by atoms with Crippen LogP contribution in [-0.2, 0) is 0 Å². The largest absolute Gasteiger partial charge is 0.303 e. The number of hydrogen-bond donors (Lipinski definition) is 0. The molecule has 0 bridgehead atoms. The first-order chi connectivity index (χ1) is 9.79. The fourth-order valence-corrected chi connectivity index (χ4v) is 3.71. The molecule has 3 heteroatoms. The van der Waals surface area contributed by atoms with Crippen LogP contribution in [0.1, 0.15) is 61.5 Å². The maximum atomic E-state index is 11.9. The van der Waals surface area contributed by atoms with Crippen molar-refractivity contribution in [3.63, 3.8) is 0 Å². The van der Waals surface area contributed by atoms with Gasteiger partial charge in [-0.1, -0.05) is 32.3 Å². The number of unbranched alkanes of at least 4 members (excludes halogenated alkanes) is 1. The molecule has 0 saturated carbocycles. The van der Waals surface area contributed by atoms with Crippen molar-refractivity contribution in [1.82, 2.24) is 4.90 Å². The van der Waals surface area contributed by atoms with Gasteiger partial charge in [-0.3, -0.25) is 4.79 Å². The van der Waals surface area contributed by atoms with Gasteiger partial charge in [0.2, 0.25) is 0 Å². The molecule has 1 fully saturated rings. The zero-order valence-corrected chi connectivity index (χ0v) is 13.5. The minimum Gasteiger partial charge on any atom is -0.303 e. The van der Waals surface area contributed by atoms with Gasteiger partial charge in [0.15, 0.2) is 5.78 Å². The average Bonchev–Trinajstić information content (AvgIpc) is 3.00. The summed E-state index contributed by atoms with van der Waals surface area (Å²) in [7, 11) is 0. The molecule has 0 N–H and O–H groups in total. The maximum Gasteiger partial charge on any atom is 0.172 e. The van der Waals surface area contributed by atoms with E-state index in [1.165, 1.54) is 45.2 Å². The molecule has 0 amide bonds. The molecular weight excluding hydrogens is 266 g/mol. The Kier molecular flexibility index (Phi) is 6.74. The summed E-state index contributed by atoms with van der Waals surface area (Å²) < 4.78 is 0. The van der Waals surface area contributed by atoms with E-state index < -0.39 is 0 Å². The number of rotatable bonds is 8. The summed E-state index contributed by atoms with van der Waals surface area (Å²) in [5, 5.41) is 1.98. The number of likely N-dealkylation sites (tertiary alicyclic amines) is 1. The highest BCUT2D eigenvalue weighted by Gasteiger charge is 2.18. The SMILES string of the molecule is CCCCC1CCN(CCCC(=O)c2cccs2)CC1. The Morgan fingerprint density at radius 2 is 2.15 bits per heavy atom. The lowest BCUT2D eigenvalue weighted by Crippen LogP contribution is -2.34. The smallest absolute Gasteiger partial charge is 0.172 e. The molecule has 0 spiro atoms. The molecule has 1 aliphatic heterocycles. The summed E-state index contributed by atoms with van der Waals surface area (Å²) in [6.07, 6.45) is 8.57. The molecule has 2 nitrogen and oxygen atoms in total. The van der Waals surface area contributed by atoms with Gasteiger partial charge in [-0.25, -0.2) is 0 Å². The van der Waals surface area contributed by atoms with Crippen molar-refractivity contribution in [3.05, 3.63) is 22.4 Å². The lowest BCUT2D eigenvalue weighted by molar-refractivity contribution is 0.0973. The van der Waals surface area contributed by atoms with Crippen LogP contribution in [-0.4, -0.2) is 30.3 Å². The van der Waals surface area contributed by atoms with E-state index >= 15 is 0 Å². The molecule has 0 atom stereocenters. The molecule has 0 unspecified atom stereocenters. The zero-order valence-electron chi connectivity index (χ0n) is 12.6. The second-order valence-electron chi connectivity index (χ2n) is 5.93. The summed E-state index contributed by atoms with van der Waals surface area (Å²) in [6.45, 7) is 5.85. The van der Waals surface area contributed by atoms with Crippen LogP contribution >= 0.6 is 11.3 Å². The topological polar surface area (TPSA) is 20.3 Å². The van der Waals surface area contributed by atoms with Crippen LogP contribution in [0.2, 0.25) is 0 Å². The Labute approximate surface area is 127 Å². The van der Waals surface area contributed by atoms with Gasteiger partial charge >= 0.3 is 0 Å². The van der Waals surface area contributed by atoms with Crippen LogP contribution in [0.5, 0.6) is 0 Å². The summed E-state index contributed by atoms with van der Waals surface area (Å²) in [6, 6.07) is 3.89. The van der Waals surface area contributed by atoms with E-state index in [1.54, 1.807) is 11.3 Å². The van der Waals surface area contributed by atoms with Crippen molar-refractivity contribution in [2.75, 3.05) is 19.6 Å². The van der Waals surface area contributed by atoms with E-state index in [-0.39, 0.29) is 0 Å². The van der Waals surface area contributed by atoms with Crippen molar-refractivity contribution in [2.24, 2.45) is 5.92 Å². The van der Waals surface area contributed by atoms with Crippen molar-refractivity contribution in [1.29, 1.82) is 0 Å². The summed E-state index contributed by atoms with van der Waals surface area (Å²) in [5.41, 5.74) is 0. The standard InChI is InChI=1S/C17H27NOS/c1-2-3-6-15-9-12-18(13-10-15)11-4-7-16(19)17-8-5-14-20-17/h5,8,14-15H,2-4,6-7,9-13H2,1H3. The number of carbonyl (C=O) groups is 1. The monoisotopic (exact) mass is 293 g/mol. The number of thiophene rings is 1. The summed E-state index contributed by atoms with van der Waals surface area (Å²) in [4.78, 5) is 15.4. The normalized spacial score (nSPS) is 17.4. The third-order valence-electron chi connectivity index (χ3n) is 4.35. The molecule has 2 heterocycles. The fraction of sp³-hybridized carbons (Fsp3) is 0.706. The number of nitrogens with zero attached hydrogens (tertiary/aromatic N) is 1. The molecule has 1 aromatic rings. The van der Waals surface area contributed by atoms with E-state index in [9.17, 15) is 4.79 Å². The zero-order chi connectivity index (χ0) is 14.2. The minimum atomic E-state index is 0.317. The predicted molar refractivity (Wildman–Crippen MR) is 86.6 cm³/mol. The Morgan fingerprint density at radius 3 is 2.80 bits per heavy atom. The molecule has 1 aromatic heterocycles. The molecule has 0 radical (unpaired) electrons. The second-order valence-corrected chi connectivity index (χ2v) is 6.88. The van der Waals surface area contributed by atoms with Crippen LogP contribution in [0.25, 0.3) is 0 Å². The van der Waals surface area contributed by atoms with Gasteiger partial charge in [0.25, 0.3) is 0 Å². The van der Waals surface area contributed by atoms with Crippen molar-refractivity contribution in [2.45, 2.75) is 51.9 Å². The third kappa shape index (κ3) is 5.02. The van der Waals surface area contributed by atoms with Crippen LogP contribution < -0.4 is 0 Å². The molecule has 0 aromatic carbocycles. The van der Waals surface area contributed by atoms with Gasteiger partial charge < -0.3 is 4.90 Å². The van der Waals surface area contributed by atoms with E-state index in [0.717, 1.165) is 23.8 Å². The summed E-state index contributed by atoms with van der Waals surface area (Å²) >= 11 is 1.56. The van der Waals surface area contributed by atoms with E-state index in [1.807, 2.05) is 17.5 Å². The average molecular weight is 293 g/mol. The van der Waals surface area contributed by atoms with Gasteiger partial charge in [-0.2, -0.15) is 0 Å². The second kappa shape index (κ2) is 8.58. The van der Waals surface area contributed by atoms with Crippen molar-refractivity contribution >= 4 is 17.1 Å². The highest BCUT2D eigenvalue weighted by molar-refractivity contribution is 7.12.